The number of benzene rings is 3. The number of carbonyl (C=O) groups excluding carboxylic acids is 1. The van der Waals surface area contributed by atoms with Crippen LogP contribution in [0, 0.1) is 6.92 Å². The molecule has 0 aliphatic heterocycles. The highest BCUT2D eigenvalue weighted by atomic mass is 35.5. The fourth-order valence-electron chi connectivity index (χ4n) is 3.15. The van der Waals surface area contributed by atoms with Crippen molar-refractivity contribution in [1.82, 2.24) is 4.98 Å². The molecule has 0 atom stereocenters. The smallest absolute Gasteiger partial charge is 0.195 e. The standard InChI is InChI=1S/C23H17ClN2O/c1-15-20(18-9-5-6-10-22(18)26-15)14-25-21-12-11-17(24)13-19(21)23(27)16-7-3-2-4-8-16/h2-14,26H,1H3. The van der Waals surface area contributed by atoms with Crippen molar-refractivity contribution in [3.05, 3.63) is 100 Å². The molecule has 1 aromatic heterocycles. The number of fused-ring (bicyclic) bond motifs is 1. The number of H-pyrrole nitrogens is 1. The molecule has 27 heavy (non-hydrogen) atoms. The molecule has 132 valence electrons. The van der Waals surface area contributed by atoms with Crippen LogP contribution >= 0.6 is 11.6 Å². The van der Waals surface area contributed by atoms with Gasteiger partial charge in [0.25, 0.3) is 0 Å². The lowest BCUT2D eigenvalue weighted by atomic mass is 10.0. The van der Waals surface area contributed by atoms with Gasteiger partial charge in [-0.15, -0.1) is 0 Å². The van der Waals surface area contributed by atoms with Gasteiger partial charge in [-0.05, 0) is 31.2 Å². The van der Waals surface area contributed by atoms with Gasteiger partial charge in [0.2, 0.25) is 0 Å². The van der Waals surface area contributed by atoms with Crippen molar-refractivity contribution < 1.29 is 4.79 Å². The predicted octanol–water partition coefficient (Wildman–Crippen LogP) is 6.11. The molecule has 0 aliphatic carbocycles. The number of nitrogens with zero attached hydrogens (tertiary/aromatic N) is 1. The van der Waals surface area contributed by atoms with Gasteiger partial charge in [0.1, 0.15) is 0 Å². The zero-order valence-electron chi connectivity index (χ0n) is 14.7. The van der Waals surface area contributed by atoms with Gasteiger partial charge in [0.15, 0.2) is 5.78 Å². The number of halogens is 1. The molecule has 0 spiro atoms. The largest absolute Gasteiger partial charge is 0.358 e. The number of aryl methyl sites for hydroxylation is 1. The fraction of sp³-hybridized carbons (Fsp3) is 0.0435. The number of nitrogens with one attached hydrogen (secondary N) is 1. The van der Waals surface area contributed by atoms with Gasteiger partial charge in [-0.3, -0.25) is 9.79 Å². The fourth-order valence-corrected chi connectivity index (χ4v) is 3.32. The highest BCUT2D eigenvalue weighted by Crippen LogP contribution is 2.27. The number of carbonyl (C=O) groups is 1. The Morgan fingerprint density at radius 1 is 1.00 bits per heavy atom. The second kappa shape index (κ2) is 7.22. The van der Waals surface area contributed by atoms with Crippen LogP contribution in [0.4, 0.5) is 5.69 Å². The van der Waals surface area contributed by atoms with Gasteiger partial charge in [-0.1, -0.05) is 60.1 Å². The summed E-state index contributed by atoms with van der Waals surface area (Å²) >= 11 is 6.14. The molecule has 4 rings (SSSR count). The van der Waals surface area contributed by atoms with Crippen molar-refractivity contribution in [2.45, 2.75) is 6.92 Å². The first-order valence-electron chi connectivity index (χ1n) is 8.64. The highest BCUT2D eigenvalue weighted by Gasteiger charge is 2.14. The van der Waals surface area contributed by atoms with Crippen LogP contribution in [0.25, 0.3) is 10.9 Å². The first kappa shape index (κ1) is 17.3. The summed E-state index contributed by atoms with van der Waals surface area (Å²) in [6.45, 7) is 2.01. The minimum atomic E-state index is -0.0964. The zero-order valence-corrected chi connectivity index (χ0v) is 15.5. The van der Waals surface area contributed by atoms with Gasteiger partial charge >= 0.3 is 0 Å². The summed E-state index contributed by atoms with van der Waals surface area (Å²) in [5.74, 6) is -0.0964. The van der Waals surface area contributed by atoms with Crippen LogP contribution in [0.15, 0.2) is 77.8 Å². The summed E-state index contributed by atoms with van der Waals surface area (Å²) in [6.07, 6.45) is 1.80. The van der Waals surface area contributed by atoms with Crippen molar-refractivity contribution in [1.29, 1.82) is 0 Å². The molecule has 1 N–H and O–H groups in total. The Bertz CT molecular complexity index is 1160. The summed E-state index contributed by atoms with van der Waals surface area (Å²) in [4.78, 5) is 20.9. The van der Waals surface area contributed by atoms with Crippen LogP contribution < -0.4 is 0 Å². The Kier molecular flexibility index (Phi) is 4.61. The maximum absolute atomic E-state index is 12.9. The topological polar surface area (TPSA) is 45.2 Å². The van der Waals surface area contributed by atoms with Crippen molar-refractivity contribution in [2.24, 2.45) is 4.99 Å². The van der Waals surface area contributed by atoms with E-state index in [2.05, 4.69) is 16.0 Å². The normalized spacial score (nSPS) is 11.3. The van der Waals surface area contributed by atoms with Crippen LogP contribution in [0.1, 0.15) is 27.2 Å². The van der Waals surface area contributed by atoms with E-state index in [9.17, 15) is 4.79 Å². The second-order valence-corrected chi connectivity index (χ2v) is 6.76. The molecule has 3 nitrogen and oxygen atoms in total. The quantitative estimate of drug-likeness (QED) is 0.341. The molecule has 4 aromatic rings. The van der Waals surface area contributed by atoms with E-state index >= 15 is 0 Å². The first-order chi connectivity index (χ1) is 13.1. The van der Waals surface area contributed by atoms with E-state index in [1.54, 1.807) is 36.5 Å². The highest BCUT2D eigenvalue weighted by molar-refractivity contribution is 6.31. The zero-order chi connectivity index (χ0) is 18.8. The maximum atomic E-state index is 12.9. The SMILES string of the molecule is Cc1[nH]c2ccccc2c1C=Nc1ccc(Cl)cc1C(=O)c1ccccc1. The van der Waals surface area contributed by atoms with Gasteiger partial charge in [-0.25, -0.2) is 0 Å². The molecule has 1 heterocycles. The number of hydrogen-bond donors (Lipinski definition) is 1. The first-order valence-corrected chi connectivity index (χ1v) is 9.02. The number of hydrogen-bond acceptors (Lipinski definition) is 2. The lowest BCUT2D eigenvalue weighted by molar-refractivity contribution is 0.103. The van der Waals surface area contributed by atoms with Crippen LogP contribution in [0.3, 0.4) is 0 Å². The minimum Gasteiger partial charge on any atom is -0.358 e. The number of rotatable bonds is 4. The molecule has 0 aliphatic rings. The second-order valence-electron chi connectivity index (χ2n) is 6.32. The molecule has 0 saturated carbocycles. The van der Waals surface area contributed by atoms with E-state index in [0.29, 0.717) is 21.8 Å². The van der Waals surface area contributed by atoms with E-state index in [-0.39, 0.29) is 5.78 Å². The summed E-state index contributed by atoms with van der Waals surface area (Å²) in [5, 5.41) is 1.61. The summed E-state index contributed by atoms with van der Waals surface area (Å²) in [5.41, 5.74) is 4.80. The van der Waals surface area contributed by atoms with Crippen molar-refractivity contribution >= 4 is 40.2 Å². The lowest BCUT2D eigenvalue weighted by Crippen LogP contribution is -2.01. The molecular weight excluding hydrogens is 356 g/mol. The number of ketones is 1. The number of para-hydroxylation sites is 1. The van der Waals surface area contributed by atoms with Gasteiger partial charge in [0.05, 0.1) is 5.69 Å². The van der Waals surface area contributed by atoms with Crippen LogP contribution in [0.5, 0.6) is 0 Å². The average Bonchev–Trinajstić information content (AvgIpc) is 3.02. The number of aromatic amines is 1. The van der Waals surface area contributed by atoms with Crippen molar-refractivity contribution in [3.63, 3.8) is 0 Å². The van der Waals surface area contributed by atoms with E-state index in [0.717, 1.165) is 22.2 Å². The Hall–Kier alpha value is -3.17. The molecule has 0 radical (unpaired) electrons. The summed E-state index contributed by atoms with van der Waals surface area (Å²) < 4.78 is 0. The number of aliphatic imine (C=N–C) groups is 1. The van der Waals surface area contributed by atoms with Crippen LogP contribution in [-0.4, -0.2) is 17.0 Å². The molecule has 0 saturated heterocycles. The molecule has 0 fully saturated rings. The Morgan fingerprint density at radius 3 is 2.56 bits per heavy atom. The van der Waals surface area contributed by atoms with Crippen molar-refractivity contribution in [3.8, 4) is 0 Å². The average molecular weight is 373 g/mol. The predicted molar refractivity (Wildman–Crippen MR) is 112 cm³/mol. The third kappa shape index (κ3) is 3.42. The van der Waals surface area contributed by atoms with Crippen LogP contribution in [0.2, 0.25) is 5.02 Å². The molecule has 0 unspecified atom stereocenters. The Balaban J connectivity index is 1.77. The van der Waals surface area contributed by atoms with E-state index < -0.39 is 0 Å². The van der Waals surface area contributed by atoms with E-state index in [1.807, 2.05) is 43.3 Å². The maximum Gasteiger partial charge on any atom is 0.195 e. The van der Waals surface area contributed by atoms with E-state index in [4.69, 9.17) is 11.6 Å². The molecule has 0 bridgehead atoms. The van der Waals surface area contributed by atoms with Gasteiger partial charge in [-0.2, -0.15) is 0 Å². The lowest BCUT2D eigenvalue weighted by Gasteiger charge is -2.06. The van der Waals surface area contributed by atoms with Crippen molar-refractivity contribution in [2.75, 3.05) is 0 Å². The molecule has 3 aromatic carbocycles. The van der Waals surface area contributed by atoms with Crippen LogP contribution in [-0.2, 0) is 0 Å². The Labute approximate surface area is 162 Å². The summed E-state index contributed by atoms with van der Waals surface area (Å²) in [7, 11) is 0. The Morgan fingerprint density at radius 2 is 1.74 bits per heavy atom. The number of aromatic nitrogens is 1. The van der Waals surface area contributed by atoms with E-state index in [1.165, 1.54) is 0 Å². The minimum absolute atomic E-state index is 0.0964. The molecular formula is C23H17ClN2O. The monoisotopic (exact) mass is 372 g/mol. The molecule has 4 heteroatoms. The third-order valence-electron chi connectivity index (χ3n) is 4.52. The van der Waals surface area contributed by atoms with Gasteiger partial charge in [0, 0.05) is 44.5 Å². The summed E-state index contributed by atoms with van der Waals surface area (Å²) in [6, 6.07) is 22.4. The van der Waals surface area contributed by atoms with Gasteiger partial charge < -0.3 is 4.98 Å². The molecule has 0 amide bonds. The third-order valence-corrected chi connectivity index (χ3v) is 4.75.